The lowest BCUT2D eigenvalue weighted by molar-refractivity contribution is 0.0747. The second-order valence-corrected chi connectivity index (χ2v) is 7.40. The molecule has 1 aromatic carbocycles. The first-order chi connectivity index (χ1) is 12.7. The minimum atomic E-state index is -0.269. The Bertz CT molecular complexity index is 756. The van der Waals surface area contributed by atoms with Crippen LogP contribution in [0.25, 0.3) is 0 Å². The van der Waals surface area contributed by atoms with Gasteiger partial charge in [0.25, 0.3) is 5.91 Å². The second-order valence-electron chi connectivity index (χ2n) is 7.40. The van der Waals surface area contributed by atoms with Gasteiger partial charge in [-0.05, 0) is 24.1 Å². The molecule has 148 valence electrons. The second kappa shape index (κ2) is 8.99. The van der Waals surface area contributed by atoms with Crippen molar-refractivity contribution in [1.29, 1.82) is 0 Å². The zero-order chi connectivity index (χ0) is 20.0. The van der Waals surface area contributed by atoms with E-state index in [1.54, 1.807) is 24.1 Å². The first kappa shape index (κ1) is 20.9. The number of halogens is 1. The topological polar surface area (TPSA) is 70.4 Å². The van der Waals surface area contributed by atoms with Crippen LogP contribution in [0.15, 0.2) is 30.5 Å². The maximum Gasteiger partial charge on any atom is 0.278 e. The molecule has 1 heterocycles. The van der Waals surface area contributed by atoms with Crippen molar-refractivity contribution in [2.45, 2.75) is 32.6 Å². The number of rotatable bonds is 9. The molecule has 0 aliphatic heterocycles. The van der Waals surface area contributed by atoms with E-state index in [9.17, 15) is 14.3 Å². The fourth-order valence-electron chi connectivity index (χ4n) is 2.98. The van der Waals surface area contributed by atoms with E-state index in [0.29, 0.717) is 26.2 Å². The molecule has 2 aromatic rings. The van der Waals surface area contributed by atoms with Gasteiger partial charge in [0.05, 0.1) is 6.20 Å². The summed E-state index contributed by atoms with van der Waals surface area (Å²) < 4.78 is 14.5. The number of aryl methyl sites for hydroxylation is 1. The molecule has 0 aliphatic rings. The highest BCUT2D eigenvalue weighted by Gasteiger charge is 2.23. The summed E-state index contributed by atoms with van der Waals surface area (Å²) in [4.78, 5) is 14.3. The molecule has 0 saturated heterocycles. The fraction of sp³-hybridized carbons (Fsp3) is 0.500. The molecule has 27 heavy (non-hydrogen) atoms. The Kier molecular flexibility index (Phi) is 6.96. The summed E-state index contributed by atoms with van der Waals surface area (Å²) in [6, 6.07) is 6.54. The van der Waals surface area contributed by atoms with Crippen LogP contribution >= 0.6 is 0 Å². The van der Waals surface area contributed by atoms with Crippen molar-refractivity contribution in [3.8, 4) is 5.75 Å². The average molecular weight is 376 g/mol. The summed E-state index contributed by atoms with van der Waals surface area (Å²) >= 11 is 0. The molecular weight excluding hydrogens is 347 g/mol. The molecule has 7 heteroatoms. The van der Waals surface area contributed by atoms with Crippen LogP contribution in [0.3, 0.4) is 0 Å². The number of hydrogen-bond donors (Lipinski definition) is 2. The molecule has 0 spiro atoms. The van der Waals surface area contributed by atoms with E-state index < -0.39 is 0 Å². The Morgan fingerprint density at radius 1 is 1.30 bits per heavy atom. The van der Waals surface area contributed by atoms with Crippen LogP contribution in [0.4, 0.5) is 4.39 Å². The van der Waals surface area contributed by atoms with Crippen LogP contribution < -0.4 is 5.32 Å². The van der Waals surface area contributed by atoms with Crippen molar-refractivity contribution in [1.82, 2.24) is 20.0 Å². The Hall–Kier alpha value is -2.41. The van der Waals surface area contributed by atoms with E-state index in [-0.39, 0.29) is 28.6 Å². The monoisotopic (exact) mass is 376 g/mol. The summed E-state index contributed by atoms with van der Waals surface area (Å²) in [6.45, 7) is 8.61. The molecule has 0 fully saturated rings. The first-order valence-corrected chi connectivity index (χ1v) is 9.23. The van der Waals surface area contributed by atoms with Gasteiger partial charge < -0.3 is 15.3 Å². The smallest absolute Gasteiger partial charge is 0.278 e. The first-order valence-electron chi connectivity index (χ1n) is 9.23. The van der Waals surface area contributed by atoms with Crippen molar-refractivity contribution >= 4 is 5.91 Å². The standard InChI is InChI=1S/C20H29FN4O2/c1-5-11-25(19(27)18-17(26)13-24(4)23-18)12-10-22-14-20(2,3)15-6-8-16(21)9-7-15/h6-9,13,22,26H,5,10-12,14H2,1-4H3. The van der Waals surface area contributed by atoms with Gasteiger partial charge in [0.2, 0.25) is 0 Å². The van der Waals surface area contributed by atoms with Gasteiger partial charge in [-0.25, -0.2) is 4.39 Å². The van der Waals surface area contributed by atoms with Crippen LogP contribution in [0.1, 0.15) is 43.2 Å². The van der Waals surface area contributed by atoms with Gasteiger partial charge in [-0.3, -0.25) is 9.48 Å². The van der Waals surface area contributed by atoms with Gasteiger partial charge in [0.1, 0.15) is 5.82 Å². The van der Waals surface area contributed by atoms with Gasteiger partial charge in [0.15, 0.2) is 11.4 Å². The van der Waals surface area contributed by atoms with Crippen molar-refractivity contribution < 1.29 is 14.3 Å². The molecular formula is C20H29FN4O2. The Morgan fingerprint density at radius 3 is 2.52 bits per heavy atom. The fourth-order valence-corrected chi connectivity index (χ4v) is 2.98. The molecule has 0 atom stereocenters. The molecule has 0 radical (unpaired) electrons. The third-order valence-electron chi connectivity index (χ3n) is 4.54. The predicted molar refractivity (Wildman–Crippen MR) is 103 cm³/mol. The Morgan fingerprint density at radius 2 is 1.96 bits per heavy atom. The molecule has 6 nitrogen and oxygen atoms in total. The molecule has 0 saturated carbocycles. The number of aromatic hydroxyl groups is 1. The summed E-state index contributed by atoms with van der Waals surface area (Å²) in [5, 5.41) is 17.3. The number of carbonyl (C=O) groups is 1. The predicted octanol–water partition coefficient (Wildman–Crippen LogP) is 2.68. The van der Waals surface area contributed by atoms with E-state index in [4.69, 9.17) is 0 Å². The molecule has 2 rings (SSSR count). The van der Waals surface area contributed by atoms with Crippen LogP contribution in [0.2, 0.25) is 0 Å². The normalized spacial score (nSPS) is 11.6. The highest BCUT2D eigenvalue weighted by atomic mass is 19.1. The lowest BCUT2D eigenvalue weighted by Gasteiger charge is -2.27. The Labute approximate surface area is 160 Å². The van der Waals surface area contributed by atoms with Gasteiger partial charge in [-0.15, -0.1) is 0 Å². The number of nitrogens with zero attached hydrogens (tertiary/aromatic N) is 3. The quantitative estimate of drug-likeness (QED) is 0.660. The van der Waals surface area contributed by atoms with Crippen LogP contribution in [-0.2, 0) is 12.5 Å². The molecule has 2 N–H and O–H groups in total. The summed E-state index contributed by atoms with van der Waals surface area (Å²) in [5.41, 5.74) is 0.973. The van der Waals surface area contributed by atoms with E-state index in [1.807, 2.05) is 6.92 Å². The molecule has 0 aliphatic carbocycles. The molecule has 0 unspecified atom stereocenters. The number of nitrogens with one attached hydrogen (secondary N) is 1. The summed E-state index contributed by atoms with van der Waals surface area (Å²) in [5.74, 6) is -0.613. The van der Waals surface area contributed by atoms with Crippen LogP contribution in [-0.4, -0.2) is 51.9 Å². The number of amides is 1. The molecule has 0 bridgehead atoms. The van der Waals surface area contributed by atoms with Gasteiger partial charge >= 0.3 is 0 Å². The van der Waals surface area contributed by atoms with E-state index in [1.165, 1.54) is 23.0 Å². The van der Waals surface area contributed by atoms with Gasteiger partial charge in [-0.1, -0.05) is 32.9 Å². The zero-order valence-corrected chi connectivity index (χ0v) is 16.5. The molecule has 1 amide bonds. The average Bonchev–Trinajstić information content (AvgIpc) is 2.95. The maximum absolute atomic E-state index is 13.1. The number of hydrogen-bond acceptors (Lipinski definition) is 4. The van der Waals surface area contributed by atoms with Gasteiger partial charge in [0, 0.05) is 38.6 Å². The minimum absolute atomic E-state index is 0.0811. The van der Waals surface area contributed by atoms with Gasteiger partial charge in [-0.2, -0.15) is 5.10 Å². The maximum atomic E-state index is 13.1. The lowest BCUT2D eigenvalue weighted by atomic mass is 9.84. The number of carbonyl (C=O) groups excluding carboxylic acids is 1. The highest BCUT2D eigenvalue weighted by Crippen LogP contribution is 2.22. The van der Waals surface area contributed by atoms with E-state index in [2.05, 4.69) is 24.3 Å². The SMILES string of the molecule is CCCN(CCNCC(C)(C)c1ccc(F)cc1)C(=O)c1nn(C)cc1O. The number of benzene rings is 1. The van der Waals surface area contributed by atoms with Crippen molar-refractivity contribution in [2.75, 3.05) is 26.2 Å². The lowest BCUT2D eigenvalue weighted by Crippen LogP contribution is -2.41. The van der Waals surface area contributed by atoms with Crippen molar-refractivity contribution in [3.63, 3.8) is 0 Å². The summed E-state index contributed by atoms with van der Waals surface area (Å²) in [6.07, 6.45) is 2.24. The van der Waals surface area contributed by atoms with Crippen LogP contribution in [0.5, 0.6) is 5.75 Å². The zero-order valence-electron chi connectivity index (χ0n) is 16.5. The van der Waals surface area contributed by atoms with E-state index in [0.717, 1.165) is 12.0 Å². The third-order valence-corrected chi connectivity index (χ3v) is 4.54. The number of aromatic nitrogens is 2. The summed E-state index contributed by atoms with van der Waals surface area (Å²) in [7, 11) is 1.67. The third kappa shape index (κ3) is 5.53. The van der Waals surface area contributed by atoms with Crippen LogP contribution in [0, 0.1) is 5.82 Å². The van der Waals surface area contributed by atoms with Crippen molar-refractivity contribution in [3.05, 3.63) is 47.5 Å². The Balaban J connectivity index is 1.91. The highest BCUT2D eigenvalue weighted by molar-refractivity contribution is 5.94. The minimum Gasteiger partial charge on any atom is -0.504 e. The van der Waals surface area contributed by atoms with Crippen molar-refractivity contribution in [2.24, 2.45) is 7.05 Å². The largest absolute Gasteiger partial charge is 0.504 e. The molecule has 1 aromatic heterocycles. The van der Waals surface area contributed by atoms with E-state index >= 15 is 0 Å².